The molecular weight excluding hydrogens is 327 g/mol. The molecule has 2 aromatic carbocycles. The van der Waals surface area contributed by atoms with Crippen LogP contribution in [0.25, 0.3) is 0 Å². The minimum absolute atomic E-state index is 0.255. The van der Waals surface area contributed by atoms with Crippen LogP contribution in [0.5, 0.6) is 0 Å². The van der Waals surface area contributed by atoms with Crippen molar-refractivity contribution in [1.29, 1.82) is 0 Å². The number of benzene rings is 2. The van der Waals surface area contributed by atoms with Crippen molar-refractivity contribution in [1.82, 2.24) is 0 Å². The lowest BCUT2D eigenvalue weighted by Gasteiger charge is -2.21. The fraction of sp³-hybridized carbons (Fsp3) is 0.235. The SMILES string of the molecule is O=CC(Cl)N1C[C@H](c2cccc(C(F)(F)F)c2)c2ccccc21. The fourth-order valence-electron chi connectivity index (χ4n) is 2.96. The van der Waals surface area contributed by atoms with Crippen LogP contribution in [0.1, 0.15) is 22.6 Å². The van der Waals surface area contributed by atoms with Crippen LogP contribution in [0.2, 0.25) is 0 Å². The van der Waals surface area contributed by atoms with Gasteiger partial charge in [-0.2, -0.15) is 13.2 Å². The van der Waals surface area contributed by atoms with Gasteiger partial charge in [0.15, 0.2) is 11.8 Å². The number of nitrogens with zero attached hydrogens (tertiary/aromatic N) is 1. The molecule has 1 heterocycles. The molecule has 0 N–H and O–H groups in total. The Hall–Kier alpha value is -2.01. The number of carbonyl (C=O) groups is 1. The van der Waals surface area contributed by atoms with Crippen LogP contribution in [-0.4, -0.2) is 18.3 Å². The topological polar surface area (TPSA) is 20.3 Å². The molecule has 3 rings (SSSR count). The highest BCUT2D eigenvalue weighted by atomic mass is 35.5. The molecule has 0 radical (unpaired) electrons. The average molecular weight is 340 g/mol. The minimum atomic E-state index is -4.38. The largest absolute Gasteiger partial charge is 0.416 e. The van der Waals surface area contributed by atoms with E-state index in [1.807, 2.05) is 24.3 Å². The summed E-state index contributed by atoms with van der Waals surface area (Å²) in [5, 5.41) is 0. The van der Waals surface area contributed by atoms with Gasteiger partial charge in [-0.05, 0) is 23.3 Å². The lowest BCUT2D eigenvalue weighted by molar-refractivity contribution is -0.137. The number of halogens is 4. The van der Waals surface area contributed by atoms with Crippen molar-refractivity contribution in [2.24, 2.45) is 0 Å². The molecule has 2 aromatic rings. The van der Waals surface area contributed by atoms with E-state index in [0.717, 1.165) is 23.4 Å². The number of rotatable bonds is 3. The molecular formula is C17H13ClF3NO. The molecule has 1 unspecified atom stereocenters. The van der Waals surface area contributed by atoms with Crippen molar-refractivity contribution >= 4 is 23.6 Å². The zero-order chi connectivity index (χ0) is 16.6. The lowest BCUT2D eigenvalue weighted by Crippen LogP contribution is -2.31. The van der Waals surface area contributed by atoms with Crippen LogP contribution in [-0.2, 0) is 11.0 Å². The Morgan fingerprint density at radius 1 is 1.17 bits per heavy atom. The Kier molecular flexibility index (Phi) is 4.06. The second-order valence-corrected chi connectivity index (χ2v) is 5.84. The maximum Gasteiger partial charge on any atom is 0.416 e. The minimum Gasteiger partial charge on any atom is -0.348 e. The van der Waals surface area contributed by atoms with Crippen LogP contribution < -0.4 is 4.90 Å². The molecule has 23 heavy (non-hydrogen) atoms. The number of anilines is 1. The molecule has 6 heteroatoms. The van der Waals surface area contributed by atoms with E-state index in [1.165, 1.54) is 6.07 Å². The Balaban J connectivity index is 2.03. The second kappa shape index (κ2) is 5.89. The highest BCUT2D eigenvalue weighted by molar-refractivity contribution is 6.29. The number of fused-ring (bicyclic) bond motifs is 1. The van der Waals surface area contributed by atoms with Crippen LogP contribution in [0.3, 0.4) is 0 Å². The van der Waals surface area contributed by atoms with Gasteiger partial charge in [0, 0.05) is 18.2 Å². The van der Waals surface area contributed by atoms with Crippen molar-refractivity contribution < 1.29 is 18.0 Å². The molecule has 1 aliphatic rings. The van der Waals surface area contributed by atoms with Crippen molar-refractivity contribution in [2.75, 3.05) is 11.4 Å². The zero-order valence-electron chi connectivity index (χ0n) is 11.9. The second-order valence-electron chi connectivity index (χ2n) is 5.40. The Labute approximate surface area is 136 Å². The molecule has 0 saturated heterocycles. The van der Waals surface area contributed by atoms with Gasteiger partial charge >= 0.3 is 6.18 Å². The molecule has 0 spiro atoms. The van der Waals surface area contributed by atoms with Crippen molar-refractivity contribution in [2.45, 2.75) is 17.6 Å². The summed E-state index contributed by atoms with van der Waals surface area (Å²) < 4.78 is 38.8. The Bertz CT molecular complexity index is 732. The maximum absolute atomic E-state index is 12.9. The van der Waals surface area contributed by atoms with Gasteiger partial charge in [-0.1, -0.05) is 48.0 Å². The maximum atomic E-state index is 12.9. The molecule has 0 amide bonds. The Morgan fingerprint density at radius 3 is 2.61 bits per heavy atom. The molecule has 2 atom stereocenters. The van der Waals surface area contributed by atoms with Gasteiger partial charge < -0.3 is 4.90 Å². The molecule has 0 fully saturated rings. The Morgan fingerprint density at radius 2 is 1.91 bits per heavy atom. The summed E-state index contributed by atoms with van der Waals surface area (Å²) in [6, 6.07) is 12.6. The first-order valence-electron chi connectivity index (χ1n) is 7.04. The van der Waals surface area contributed by atoms with Gasteiger partial charge in [-0.15, -0.1) is 0 Å². The van der Waals surface area contributed by atoms with Crippen LogP contribution in [0.4, 0.5) is 18.9 Å². The van der Waals surface area contributed by atoms with E-state index in [-0.39, 0.29) is 5.92 Å². The van der Waals surface area contributed by atoms with E-state index in [4.69, 9.17) is 11.6 Å². The van der Waals surface area contributed by atoms with E-state index in [1.54, 1.807) is 11.0 Å². The summed E-state index contributed by atoms with van der Waals surface area (Å²) in [6.45, 7) is 0.369. The standard InChI is InChI=1S/C17H13ClF3NO/c18-16(10-23)22-9-14(13-6-1-2-7-15(13)22)11-4-3-5-12(8-11)17(19,20)21/h1-8,10,14,16H,9H2/t14-,16?/m1/s1. The molecule has 0 bridgehead atoms. The third-order valence-electron chi connectivity index (χ3n) is 4.03. The summed E-state index contributed by atoms with van der Waals surface area (Å²) in [5.74, 6) is -0.255. The monoisotopic (exact) mass is 339 g/mol. The summed E-state index contributed by atoms with van der Waals surface area (Å²) in [7, 11) is 0. The highest BCUT2D eigenvalue weighted by Gasteiger charge is 2.35. The van der Waals surface area contributed by atoms with Gasteiger partial charge in [0.2, 0.25) is 0 Å². The number of alkyl halides is 4. The van der Waals surface area contributed by atoms with Gasteiger partial charge in [-0.3, -0.25) is 4.79 Å². The smallest absolute Gasteiger partial charge is 0.348 e. The number of hydrogen-bond donors (Lipinski definition) is 0. The van der Waals surface area contributed by atoms with Gasteiger partial charge in [0.1, 0.15) is 0 Å². The molecule has 0 aromatic heterocycles. The number of carbonyl (C=O) groups excluding carboxylic acids is 1. The molecule has 120 valence electrons. The highest BCUT2D eigenvalue weighted by Crippen LogP contribution is 2.42. The van der Waals surface area contributed by atoms with Gasteiger partial charge in [-0.25, -0.2) is 0 Å². The third-order valence-corrected chi connectivity index (χ3v) is 4.37. The first kappa shape index (κ1) is 15.9. The lowest BCUT2D eigenvalue weighted by atomic mass is 9.92. The summed E-state index contributed by atoms with van der Waals surface area (Å²) in [4.78, 5) is 12.7. The summed E-state index contributed by atoms with van der Waals surface area (Å²) in [5.41, 5.74) is 0.696. The zero-order valence-corrected chi connectivity index (χ0v) is 12.7. The van der Waals surface area contributed by atoms with Crippen molar-refractivity contribution in [3.8, 4) is 0 Å². The van der Waals surface area contributed by atoms with Gasteiger partial charge in [0.25, 0.3) is 0 Å². The first-order chi connectivity index (χ1) is 10.9. The van der Waals surface area contributed by atoms with E-state index < -0.39 is 17.2 Å². The number of hydrogen-bond acceptors (Lipinski definition) is 2. The van der Waals surface area contributed by atoms with E-state index in [2.05, 4.69) is 0 Å². The third kappa shape index (κ3) is 2.93. The van der Waals surface area contributed by atoms with E-state index in [0.29, 0.717) is 18.4 Å². The average Bonchev–Trinajstić information content (AvgIpc) is 2.93. The predicted octanol–water partition coefficient (Wildman–Crippen LogP) is 4.42. The van der Waals surface area contributed by atoms with E-state index in [9.17, 15) is 18.0 Å². The predicted molar refractivity (Wildman–Crippen MR) is 82.8 cm³/mol. The summed E-state index contributed by atoms with van der Waals surface area (Å²) in [6.07, 6.45) is -3.77. The molecule has 0 aliphatic carbocycles. The van der Waals surface area contributed by atoms with Crippen molar-refractivity contribution in [3.05, 3.63) is 65.2 Å². The van der Waals surface area contributed by atoms with Gasteiger partial charge in [0.05, 0.1) is 5.56 Å². The fourth-order valence-corrected chi connectivity index (χ4v) is 3.15. The van der Waals surface area contributed by atoms with Crippen LogP contribution >= 0.6 is 11.6 Å². The molecule has 2 nitrogen and oxygen atoms in total. The normalized spacial score (nSPS) is 18.6. The number of aldehydes is 1. The number of para-hydroxylation sites is 1. The first-order valence-corrected chi connectivity index (χ1v) is 7.47. The van der Waals surface area contributed by atoms with Crippen LogP contribution in [0, 0.1) is 0 Å². The van der Waals surface area contributed by atoms with E-state index >= 15 is 0 Å². The quantitative estimate of drug-likeness (QED) is 0.468. The summed E-state index contributed by atoms with van der Waals surface area (Å²) >= 11 is 6.03. The van der Waals surface area contributed by atoms with Crippen molar-refractivity contribution in [3.63, 3.8) is 0 Å². The van der Waals surface area contributed by atoms with Crippen LogP contribution in [0.15, 0.2) is 48.5 Å². The molecule has 0 saturated carbocycles. The molecule has 1 aliphatic heterocycles.